The first kappa shape index (κ1) is 19.7. The molecule has 0 bridgehead atoms. The monoisotopic (exact) mass is 417 g/mol. The van der Waals surface area contributed by atoms with E-state index in [0.717, 1.165) is 4.68 Å². The molecular weight excluding hydrogens is 410 g/mol. The highest BCUT2D eigenvalue weighted by Crippen LogP contribution is 2.37. The quantitative estimate of drug-likeness (QED) is 0.608. The van der Waals surface area contributed by atoms with Crippen LogP contribution in [0.25, 0.3) is 16.9 Å². The Hall–Kier alpha value is -3.07. The fourth-order valence-corrected chi connectivity index (χ4v) is 2.27. The van der Waals surface area contributed by atoms with Gasteiger partial charge in [0.2, 0.25) is 0 Å². The van der Waals surface area contributed by atoms with Gasteiger partial charge in [-0.2, -0.15) is 40.2 Å². The van der Waals surface area contributed by atoms with Crippen LogP contribution >= 0.6 is 0 Å². The smallest absolute Gasteiger partial charge is 0.266 e. The largest absolute Gasteiger partial charge is 0.455 e. The van der Waals surface area contributed by atoms with Crippen LogP contribution < -0.4 is 5.56 Å². The second kappa shape index (κ2) is 5.96. The fourth-order valence-electron chi connectivity index (χ4n) is 2.27. The molecule has 0 radical (unpaired) electrons. The van der Waals surface area contributed by atoms with E-state index < -0.39 is 53.0 Å². The average Bonchev–Trinajstić information content (AvgIpc) is 3.12. The van der Waals surface area contributed by atoms with E-state index >= 15 is 0 Å². The van der Waals surface area contributed by atoms with Crippen LogP contribution in [0.5, 0.6) is 0 Å². The van der Waals surface area contributed by atoms with Gasteiger partial charge >= 0.3 is 18.3 Å². The van der Waals surface area contributed by atoms with Crippen LogP contribution in [0.4, 0.5) is 35.1 Å². The molecule has 0 saturated heterocycles. The molecule has 0 amide bonds. The van der Waals surface area contributed by atoms with Crippen molar-refractivity contribution in [1.82, 2.24) is 34.4 Å². The second-order valence-electron chi connectivity index (χ2n) is 5.58. The summed E-state index contributed by atoms with van der Waals surface area (Å²) >= 11 is 0. The maximum atomic E-state index is 13.4. The Balaban J connectivity index is 2.16. The van der Waals surface area contributed by atoms with Crippen molar-refractivity contribution in [1.29, 1.82) is 0 Å². The molecule has 0 aromatic carbocycles. The van der Waals surface area contributed by atoms with Gasteiger partial charge < -0.3 is 0 Å². The molecule has 3 aromatic rings. The third-order valence-corrected chi connectivity index (χ3v) is 3.56. The lowest BCUT2D eigenvalue weighted by Gasteiger charge is -2.19. The van der Waals surface area contributed by atoms with E-state index in [4.69, 9.17) is 0 Å². The summed E-state index contributed by atoms with van der Waals surface area (Å²) in [4.78, 5) is 15.7. The lowest BCUT2D eigenvalue weighted by Crippen LogP contribution is -2.40. The van der Waals surface area contributed by atoms with Gasteiger partial charge in [0.15, 0.2) is 5.69 Å². The zero-order chi connectivity index (χ0) is 21.1. The number of alkyl halides is 8. The third-order valence-electron chi connectivity index (χ3n) is 3.56. The van der Waals surface area contributed by atoms with Gasteiger partial charge in [0.1, 0.15) is 6.54 Å². The van der Waals surface area contributed by atoms with Crippen LogP contribution in [0.15, 0.2) is 17.2 Å². The zero-order valence-electron chi connectivity index (χ0n) is 13.4. The molecule has 28 heavy (non-hydrogen) atoms. The summed E-state index contributed by atoms with van der Waals surface area (Å²) in [7, 11) is 1.17. The Labute approximate surface area is 148 Å². The number of fused-ring (bicyclic) bond motifs is 1. The van der Waals surface area contributed by atoms with Crippen molar-refractivity contribution >= 4 is 5.78 Å². The summed E-state index contributed by atoms with van der Waals surface area (Å²) in [6.07, 6.45) is -10.0. The summed E-state index contributed by atoms with van der Waals surface area (Å²) < 4.78 is 104. The molecule has 152 valence electrons. The van der Waals surface area contributed by atoms with Crippen molar-refractivity contribution in [2.45, 2.75) is 24.8 Å². The van der Waals surface area contributed by atoms with E-state index in [1.165, 1.54) is 7.05 Å². The van der Waals surface area contributed by atoms with Crippen LogP contribution in [0.3, 0.4) is 0 Å². The second-order valence-corrected chi connectivity index (χ2v) is 5.58. The van der Waals surface area contributed by atoms with Gasteiger partial charge in [-0.25, -0.2) is 9.67 Å². The van der Waals surface area contributed by atoms with E-state index in [0.29, 0.717) is 16.9 Å². The van der Waals surface area contributed by atoms with Crippen molar-refractivity contribution in [2.24, 2.45) is 7.05 Å². The first-order valence-electron chi connectivity index (χ1n) is 7.09. The molecule has 0 aliphatic rings. The first-order valence-corrected chi connectivity index (χ1v) is 7.09. The SMILES string of the molecule is Cn1nnn2c(=O)c(-c3cnn(CC(F)(F)C(F)(F)F)c3)c(C(F)(F)F)nc12. The lowest BCUT2D eigenvalue weighted by atomic mass is 10.1. The summed E-state index contributed by atoms with van der Waals surface area (Å²) in [5.41, 5.74) is -4.83. The molecule has 0 atom stereocenters. The van der Waals surface area contributed by atoms with Gasteiger partial charge in [-0.1, -0.05) is 0 Å². The number of tetrazole rings is 1. The number of rotatable bonds is 3. The molecule has 3 rings (SSSR count). The Kier molecular flexibility index (Phi) is 4.19. The summed E-state index contributed by atoms with van der Waals surface area (Å²) in [6, 6.07) is 0. The summed E-state index contributed by atoms with van der Waals surface area (Å²) in [5, 5.41) is 9.86. The van der Waals surface area contributed by atoms with Crippen LogP contribution in [-0.2, 0) is 19.8 Å². The molecule has 0 aliphatic carbocycles. The van der Waals surface area contributed by atoms with E-state index in [2.05, 4.69) is 20.5 Å². The molecule has 0 saturated carbocycles. The number of hydrogen-bond acceptors (Lipinski definition) is 5. The van der Waals surface area contributed by atoms with Crippen LogP contribution in [0, 0.1) is 0 Å². The maximum absolute atomic E-state index is 13.4. The summed E-state index contributed by atoms with van der Waals surface area (Å²) in [5.74, 6) is -5.75. The van der Waals surface area contributed by atoms with Crippen molar-refractivity contribution in [3.05, 3.63) is 28.4 Å². The number of aryl methyl sites for hydroxylation is 1. The molecule has 3 aromatic heterocycles. The average molecular weight is 417 g/mol. The Morgan fingerprint density at radius 1 is 1.04 bits per heavy atom. The molecule has 0 fully saturated rings. The first-order chi connectivity index (χ1) is 12.7. The minimum atomic E-state index is -5.89. The Morgan fingerprint density at radius 2 is 1.68 bits per heavy atom. The predicted octanol–water partition coefficient (Wildman–Crippen LogP) is 1.90. The Bertz CT molecular complexity index is 1090. The van der Waals surface area contributed by atoms with Gasteiger partial charge in [0.25, 0.3) is 11.3 Å². The van der Waals surface area contributed by atoms with Crippen LogP contribution in [0.1, 0.15) is 5.69 Å². The molecule has 0 N–H and O–H groups in total. The Morgan fingerprint density at radius 3 is 2.25 bits per heavy atom. The maximum Gasteiger partial charge on any atom is 0.455 e. The molecular formula is C12H7F8N7O. The molecule has 0 aliphatic heterocycles. The number of hydrogen-bond donors (Lipinski definition) is 0. The lowest BCUT2D eigenvalue weighted by molar-refractivity contribution is -0.287. The zero-order valence-corrected chi connectivity index (χ0v) is 13.4. The molecule has 8 nitrogen and oxygen atoms in total. The number of aromatic nitrogens is 7. The standard InChI is InChI=1S/C12H7F8N7O/c1-25-9-22-7(11(15,16)17)6(8(28)27(9)24-23-25)5-2-21-26(3-5)4-10(13,14)12(18,19)20/h2-3H,4H2,1H3. The fraction of sp³-hybridized carbons (Fsp3) is 0.417. The third kappa shape index (κ3) is 3.18. The molecule has 16 heteroatoms. The highest BCUT2D eigenvalue weighted by molar-refractivity contribution is 5.65. The van der Waals surface area contributed by atoms with Gasteiger partial charge in [-0.15, -0.1) is 4.52 Å². The van der Waals surface area contributed by atoms with Gasteiger partial charge in [-0.05, 0) is 10.4 Å². The minimum Gasteiger partial charge on any atom is -0.266 e. The number of nitrogens with zero attached hydrogens (tertiary/aromatic N) is 7. The van der Waals surface area contributed by atoms with Crippen LogP contribution in [0.2, 0.25) is 0 Å². The van der Waals surface area contributed by atoms with Crippen molar-refractivity contribution in [3.63, 3.8) is 0 Å². The molecule has 0 spiro atoms. The topological polar surface area (TPSA) is 82.9 Å². The van der Waals surface area contributed by atoms with Gasteiger partial charge in [0.05, 0.1) is 11.8 Å². The highest BCUT2D eigenvalue weighted by atomic mass is 19.4. The van der Waals surface area contributed by atoms with E-state index in [9.17, 15) is 39.9 Å². The van der Waals surface area contributed by atoms with Crippen molar-refractivity contribution < 1.29 is 35.1 Å². The van der Waals surface area contributed by atoms with Crippen LogP contribution in [-0.4, -0.2) is 46.5 Å². The predicted molar refractivity (Wildman–Crippen MR) is 73.2 cm³/mol. The van der Waals surface area contributed by atoms with E-state index in [1.54, 1.807) is 0 Å². The minimum absolute atomic E-state index is 0.0773. The van der Waals surface area contributed by atoms with Crippen molar-refractivity contribution in [3.8, 4) is 11.1 Å². The van der Waals surface area contributed by atoms with E-state index in [-0.39, 0.29) is 4.68 Å². The van der Waals surface area contributed by atoms with Gasteiger partial charge in [-0.3, -0.25) is 9.48 Å². The number of halogens is 8. The molecule has 0 unspecified atom stereocenters. The normalized spacial score (nSPS) is 13.5. The van der Waals surface area contributed by atoms with E-state index in [1.807, 2.05) is 0 Å². The van der Waals surface area contributed by atoms with Crippen molar-refractivity contribution in [2.75, 3.05) is 0 Å². The summed E-state index contributed by atoms with van der Waals surface area (Å²) in [6.45, 7) is -1.99. The van der Waals surface area contributed by atoms with Gasteiger partial charge in [0, 0.05) is 18.8 Å². The molecule has 3 heterocycles. The highest BCUT2D eigenvalue weighted by Gasteiger charge is 2.57.